The van der Waals surface area contributed by atoms with Crippen molar-refractivity contribution in [1.29, 1.82) is 0 Å². The van der Waals surface area contributed by atoms with E-state index in [4.69, 9.17) is 14.6 Å². The molecule has 1 unspecified atom stereocenters. The maximum atomic E-state index is 13.0. The van der Waals surface area contributed by atoms with E-state index in [2.05, 4.69) is 21.8 Å². The van der Waals surface area contributed by atoms with E-state index in [1.54, 1.807) is 25.7 Å². The van der Waals surface area contributed by atoms with Crippen LogP contribution in [0.4, 0.5) is 18.9 Å². The van der Waals surface area contributed by atoms with Gasteiger partial charge in [-0.1, -0.05) is 12.1 Å². The minimum Gasteiger partial charge on any atom is -0.496 e. The van der Waals surface area contributed by atoms with Crippen LogP contribution in [0.5, 0.6) is 5.75 Å². The highest BCUT2D eigenvalue weighted by Crippen LogP contribution is 2.33. The van der Waals surface area contributed by atoms with Crippen molar-refractivity contribution >= 4 is 28.9 Å². The average molecular weight is 509 g/mol. The molecule has 0 bridgehead atoms. The van der Waals surface area contributed by atoms with Crippen molar-refractivity contribution in [3.05, 3.63) is 59.9 Å². The van der Waals surface area contributed by atoms with Crippen LogP contribution < -0.4 is 9.64 Å². The first-order valence-electron chi connectivity index (χ1n) is 10.5. The van der Waals surface area contributed by atoms with Gasteiger partial charge in [0.2, 0.25) is 0 Å². The lowest BCUT2D eigenvalue weighted by Gasteiger charge is -2.41. The molecule has 186 valence electrons. The van der Waals surface area contributed by atoms with Crippen molar-refractivity contribution < 1.29 is 32.6 Å². The van der Waals surface area contributed by atoms with Crippen molar-refractivity contribution in [3.63, 3.8) is 0 Å². The summed E-state index contributed by atoms with van der Waals surface area (Å²) in [5.41, 5.74) is 2.05. The summed E-state index contributed by atoms with van der Waals surface area (Å²) in [6.07, 6.45) is 0.196. The molecule has 1 aliphatic rings. The number of carbonyl (C=O) groups excluding carboxylic acids is 1. The van der Waals surface area contributed by atoms with E-state index in [1.807, 2.05) is 41.3 Å². The van der Waals surface area contributed by atoms with Crippen LogP contribution in [-0.4, -0.2) is 70.8 Å². The Morgan fingerprint density at radius 1 is 1.14 bits per heavy atom. The van der Waals surface area contributed by atoms with Gasteiger partial charge in [-0.15, -0.1) is 11.3 Å². The van der Waals surface area contributed by atoms with Gasteiger partial charge >= 0.3 is 12.1 Å². The number of carboxylic acids is 1. The first-order chi connectivity index (χ1) is 16.6. The number of aliphatic carboxylic acids is 1. The van der Waals surface area contributed by atoms with Crippen LogP contribution in [0.2, 0.25) is 0 Å². The van der Waals surface area contributed by atoms with Crippen LogP contribution >= 0.6 is 11.3 Å². The fraction of sp³-hybridized carbons (Fsp3) is 0.304. The lowest BCUT2D eigenvalue weighted by molar-refractivity contribution is -0.192. The smallest absolute Gasteiger partial charge is 0.490 e. The molecule has 1 saturated heterocycles. The Balaban J connectivity index is 0.000000429. The van der Waals surface area contributed by atoms with Crippen LogP contribution in [0.15, 0.2) is 55.0 Å². The number of aromatic nitrogens is 2. The first-order valence-corrected chi connectivity index (χ1v) is 11.3. The molecule has 8 nitrogen and oxygen atoms in total. The van der Waals surface area contributed by atoms with Crippen molar-refractivity contribution in [3.8, 4) is 16.3 Å². The van der Waals surface area contributed by atoms with Gasteiger partial charge in [0.25, 0.3) is 5.91 Å². The second kappa shape index (κ2) is 11.2. The third kappa shape index (κ3) is 6.47. The fourth-order valence-corrected chi connectivity index (χ4v) is 4.45. The van der Waals surface area contributed by atoms with Crippen molar-refractivity contribution in [1.82, 2.24) is 14.9 Å². The number of alkyl halides is 3. The summed E-state index contributed by atoms with van der Waals surface area (Å²) >= 11 is 1.41. The Hall–Kier alpha value is -3.67. The number of amides is 1. The number of para-hydroxylation sites is 1. The summed E-state index contributed by atoms with van der Waals surface area (Å²) in [5.74, 6) is -1.96. The van der Waals surface area contributed by atoms with E-state index < -0.39 is 12.1 Å². The molecule has 1 amide bonds. The van der Waals surface area contributed by atoms with Crippen LogP contribution in [0.25, 0.3) is 10.6 Å². The highest BCUT2D eigenvalue weighted by Gasteiger charge is 2.38. The van der Waals surface area contributed by atoms with Gasteiger partial charge in [-0.05, 0) is 31.2 Å². The topological polar surface area (TPSA) is 95.9 Å². The molecule has 2 aromatic heterocycles. The van der Waals surface area contributed by atoms with Gasteiger partial charge < -0.3 is 19.6 Å². The largest absolute Gasteiger partial charge is 0.496 e. The predicted molar refractivity (Wildman–Crippen MR) is 125 cm³/mol. The molecule has 12 heteroatoms. The number of carboxylic acid groups (broad SMARTS) is 1. The minimum absolute atomic E-state index is 0.0416. The summed E-state index contributed by atoms with van der Waals surface area (Å²) in [4.78, 5) is 35.4. The summed E-state index contributed by atoms with van der Waals surface area (Å²) in [7, 11) is 1.64. The second-order valence-corrected chi connectivity index (χ2v) is 8.56. The van der Waals surface area contributed by atoms with E-state index >= 15 is 0 Å². The second-order valence-electron chi connectivity index (χ2n) is 7.53. The van der Waals surface area contributed by atoms with Gasteiger partial charge in [0.15, 0.2) is 0 Å². The highest BCUT2D eigenvalue weighted by molar-refractivity contribution is 7.16. The summed E-state index contributed by atoms with van der Waals surface area (Å²) in [5, 5.41) is 7.92. The lowest BCUT2D eigenvalue weighted by Crippen LogP contribution is -2.53. The predicted octanol–water partition coefficient (Wildman–Crippen LogP) is 4.20. The van der Waals surface area contributed by atoms with Gasteiger partial charge in [0.1, 0.15) is 15.6 Å². The van der Waals surface area contributed by atoms with Gasteiger partial charge in [-0.2, -0.15) is 13.2 Å². The van der Waals surface area contributed by atoms with Crippen molar-refractivity contribution in [2.75, 3.05) is 31.6 Å². The maximum Gasteiger partial charge on any atom is 0.490 e. The van der Waals surface area contributed by atoms with Crippen molar-refractivity contribution in [2.45, 2.75) is 19.1 Å². The summed E-state index contributed by atoms with van der Waals surface area (Å²) in [6.45, 7) is 4.32. The Kier molecular flexibility index (Phi) is 8.28. The molecule has 1 aromatic carbocycles. The molecule has 0 saturated carbocycles. The normalized spacial score (nSPS) is 15.7. The summed E-state index contributed by atoms with van der Waals surface area (Å²) in [6, 6.07) is 12.0. The average Bonchev–Trinajstić information content (AvgIpc) is 3.34. The van der Waals surface area contributed by atoms with Crippen molar-refractivity contribution in [2.24, 2.45) is 0 Å². The minimum atomic E-state index is -5.08. The Morgan fingerprint density at radius 2 is 1.80 bits per heavy atom. The molecule has 3 aromatic rings. The standard InChI is InChI=1S/C21H22N4O2S.C2HF3O2/c1-15-14-24(11-12-25(15)16-7-9-22-10-8-16)21(26)19-13-23-20(28-19)17-5-3-4-6-18(17)27-2;3-2(4,5)1(6)7/h3-10,13,15H,11-12,14H2,1-2H3;(H,6,7). The van der Waals surface area contributed by atoms with E-state index in [1.165, 1.54) is 11.3 Å². The zero-order valence-electron chi connectivity index (χ0n) is 18.9. The number of carbonyl (C=O) groups is 2. The molecule has 4 rings (SSSR count). The van der Waals surface area contributed by atoms with E-state index in [-0.39, 0.29) is 11.9 Å². The molecule has 3 heterocycles. The number of hydrogen-bond donors (Lipinski definition) is 1. The Bertz CT molecular complexity index is 1160. The number of nitrogens with zero attached hydrogens (tertiary/aromatic N) is 4. The zero-order chi connectivity index (χ0) is 25.6. The van der Waals surface area contributed by atoms with Gasteiger partial charge in [0.05, 0.1) is 18.9 Å². The fourth-order valence-electron chi connectivity index (χ4n) is 3.54. The molecular weight excluding hydrogens is 485 g/mol. The van der Waals surface area contributed by atoms with Crippen LogP contribution in [0, 0.1) is 0 Å². The molecule has 1 aliphatic heterocycles. The molecule has 1 N–H and O–H groups in total. The lowest BCUT2D eigenvalue weighted by atomic mass is 10.1. The number of halogens is 3. The molecule has 1 atom stereocenters. The quantitative estimate of drug-likeness (QED) is 0.564. The van der Waals surface area contributed by atoms with Crippen LogP contribution in [0.3, 0.4) is 0 Å². The number of benzene rings is 1. The van der Waals surface area contributed by atoms with Crippen LogP contribution in [0.1, 0.15) is 16.6 Å². The zero-order valence-corrected chi connectivity index (χ0v) is 19.7. The van der Waals surface area contributed by atoms with Gasteiger partial charge in [-0.3, -0.25) is 9.78 Å². The number of pyridine rings is 1. The number of rotatable bonds is 4. The van der Waals surface area contributed by atoms with Gasteiger partial charge in [-0.25, -0.2) is 9.78 Å². The van der Waals surface area contributed by atoms with E-state index in [0.717, 1.165) is 28.6 Å². The molecule has 0 spiro atoms. The van der Waals surface area contributed by atoms with Crippen LogP contribution in [-0.2, 0) is 4.79 Å². The molecule has 0 radical (unpaired) electrons. The number of ether oxygens (including phenoxy) is 1. The summed E-state index contributed by atoms with van der Waals surface area (Å²) < 4.78 is 37.2. The molecule has 1 fully saturated rings. The number of hydrogen-bond acceptors (Lipinski definition) is 7. The number of anilines is 1. The molecule has 35 heavy (non-hydrogen) atoms. The Morgan fingerprint density at radius 3 is 2.40 bits per heavy atom. The SMILES string of the molecule is COc1ccccc1-c1ncc(C(=O)N2CCN(c3ccncc3)C(C)C2)s1.O=C(O)C(F)(F)F. The van der Waals surface area contributed by atoms with E-state index in [9.17, 15) is 18.0 Å². The Labute approximate surface area is 203 Å². The number of methoxy groups -OCH3 is 1. The maximum absolute atomic E-state index is 13.0. The highest BCUT2D eigenvalue weighted by atomic mass is 32.1. The third-order valence-electron chi connectivity index (χ3n) is 5.21. The van der Waals surface area contributed by atoms with E-state index in [0.29, 0.717) is 18.0 Å². The first kappa shape index (κ1) is 25.9. The number of piperazine rings is 1. The monoisotopic (exact) mass is 508 g/mol. The molecule has 0 aliphatic carbocycles. The third-order valence-corrected chi connectivity index (χ3v) is 6.22. The number of thiazole rings is 1. The molecular formula is C23H23F3N4O4S. The van der Waals surface area contributed by atoms with Gasteiger partial charge in [0, 0.05) is 43.8 Å².